The number of anilines is 2. The minimum Gasteiger partial charge on any atom is -0.493 e. The van der Waals surface area contributed by atoms with Gasteiger partial charge in [-0.25, -0.2) is 8.42 Å². The molecule has 152 valence electrons. The van der Waals surface area contributed by atoms with Crippen LogP contribution in [-0.2, 0) is 14.8 Å². The van der Waals surface area contributed by atoms with Crippen molar-refractivity contribution in [2.75, 3.05) is 30.1 Å². The number of halogens is 1. The fourth-order valence-corrected chi connectivity index (χ4v) is 4.03. The number of sulfonamides is 1. The maximum atomic E-state index is 12.8. The van der Waals surface area contributed by atoms with Gasteiger partial charge in [0.15, 0.2) is 11.5 Å². The van der Waals surface area contributed by atoms with Gasteiger partial charge in [-0.1, -0.05) is 17.7 Å². The minimum atomic E-state index is -3.74. The maximum Gasteiger partial charge on any atom is 0.247 e. The van der Waals surface area contributed by atoms with E-state index in [0.29, 0.717) is 27.9 Å². The first-order chi connectivity index (χ1) is 13.1. The van der Waals surface area contributed by atoms with E-state index >= 15 is 0 Å². The fraction of sp³-hybridized carbons (Fsp3) is 0.316. The minimum absolute atomic E-state index is 0.313. The first-order valence-corrected chi connectivity index (χ1v) is 10.6. The quantitative estimate of drug-likeness (QED) is 0.732. The van der Waals surface area contributed by atoms with Gasteiger partial charge in [0.1, 0.15) is 6.04 Å². The van der Waals surface area contributed by atoms with E-state index in [4.69, 9.17) is 21.1 Å². The summed E-state index contributed by atoms with van der Waals surface area (Å²) in [4.78, 5) is 12.8. The van der Waals surface area contributed by atoms with E-state index in [1.807, 2.05) is 6.92 Å². The van der Waals surface area contributed by atoms with E-state index in [-0.39, 0.29) is 0 Å². The highest BCUT2D eigenvalue weighted by Crippen LogP contribution is 2.30. The van der Waals surface area contributed by atoms with E-state index in [9.17, 15) is 13.2 Å². The lowest BCUT2D eigenvalue weighted by atomic mass is 10.2. The molecule has 7 nitrogen and oxygen atoms in total. The summed E-state index contributed by atoms with van der Waals surface area (Å²) < 4.78 is 36.2. The zero-order chi connectivity index (χ0) is 21.1. The van der Waals surface area contributed by atoms with Gasteiger partial charge in [0.05, 0.1) is 26.2 Å². The molecule has 0 aromatic heterocycles. The molecule has 0 fully saturated rings. The highest BCUT2D eigenvalue weighted by molar-refractivity contribution is 7.92. The highest BCUT2D eigenvalue weighted by Gasteiger charge is 2.29. The molecule has 0 bridgehead atoms. The predicted molar refractivity (Wildman–Crippen MR) is 111 cm³/mol. The number of hydrogen-bond donors (Lipinski definition) is 1. The monoisotopic (exact) mass is 426 g/mol. The molecule has 0 saturated heterocycles. The molecular formula is C19H23ClN2O5S. The third-order valence-corrected chi connectivity index (χ3v) is 5.80. The second-order valence-electron chi connectivity index (χ2n) is 6.23. The number of aryl methyl sites for hydroxylation is 1. The summed E-state index contributed by atoms with van der Waals surface area (Å²) in [5.41, 5.74) is 1.57. The van der Waals surface area contributed by atoms with Gasteiger partial charge in [-0.05, 0) is 43.7 Å². The number of benzene rings is 2. The molecular weight excluding hydrogens is 404 g/mol. The van der Waals surface area contributed by atoms with Crippen molar-refractivity contribution in [3.05, 3.63) is 47.0 Å². The van der Waals surface area contributed by atoms with Crippen molar-refractivity contribution in [2.45, 2.75) is 19.9 Å². The fourth-order valence-electron chi connectivity index (χ4n) is 2.69. The van der Waals surface area contributed by atoms with Crippen molar-refractivity contribution in [1.82, 2.24) is 0 Å². The van der Waals surface area contributed by atoms with Crippen molar-refractivity contribution in [3.63, 3.8) is 0 Å². The van der Waals surface area contributed by atoms with Crippen LogP contribution in [0, 0.1) is 6.92 Å². The number of nitrogens with one attached hydrogen (secondary N) is 1. The van der Waals surface area contributed by atoms with Crippen LogP contribution in [0.4, 0.5) is 11.4 Å². The van der Waals surface area contributed by atoms with Crippen molar-refractivity contribution in [3.8, 4) is 11.5 Å². The molecule has 0 spiro atoms. The van der Waals surface area contributed by atoms with Crippen molar-refractivity contribution >= 4 is 38.9 Å². The Labute approximate surface area is 170 Å². The number of rotatable bonds is 7. The van der Waals surface area contributed by atoms with Crippen molar-refractivity contribution in [1.29, 1.82) is 0 Å². The summed E-state index contributed by atoms with van der Waals surface area (Å²) in [6.45, 7) is 3.31. The standard InChI is InChI=1S/C19H23ClN2O5S/c1-12-6-8-15(11-16(12)20)22(28(5,24)25)13(2)19(23)21-14-7-9-17(26-3)18(10-14)27-4/h6-11,13H,1-5H3,(H,21,23)/t13-/m0/s1. The smallest absolute Gasteiger partial charge is 0.247 e. The number of carbonyl (C=O) groups excluding carboxylic acids is 1. The average molecular weight is 427 g/mol. The Morgan fingerprint density at radius 1 is 1.11 bits per heavy atom. The zero-order valence-electron chi connectivity index (χ0n) is 16.3. The number of carbonyl (C=O) groups is 1. The van der Waals surface area contributed by atoms with E-state index in [1.165, 1.54) is 27.2 Å². The van der Waals surface area contributed by atoms with E-state index < -0.39 is 22.0 Å². The molecule has 1 atom stereocenters. The number of ether oxygens (including phenoxy) is 2. The van der Waals surface area contributed by atoms with E-state index in [1.54, 1.807) is 30.3 Å². The van der Waals surface area contributed by atoms with Crippen LogP contribution < -0.4 is 19.1 Å². The number of nitrogens with zero attached hydrogens (tertiary/aromatic N) is 1. The topological polar surface area (TPSA) is 84.9 Å². The summed E-state index contributed by atoms with van der Waals surface area (Å²) in [5, 5.41) is 3.12. The number of methoxy groups -OCH3 is 2. The first-order valence-electron chi connectivity index (χ1n) is 8.37. The Morgan fingerprint density at radius 3 is 2.29 bits per heavy atom. The van der Waals surface area contributed by atoms with Crippen LogP contribution in [0.2, 0.25) is 5.02 Å². The summed E-state index contributed by atoms with van der Waals surface area (Å²) in [6.07, 6.45) is 1.04. The highest BCUT2D eigenvalue weighted by atomic mass is 35.5. The molecule has 0 radical (unpaired) electrons. The van der Waals surface area contributed by atoms with Gasteiger partial charge < -0.3 is 14.8 Å². The van der Waals surface area contributed by atoms with Gasteiger partial charge in [-0.2, -0.15) is 0 Å². The average Bonchev–Trinajstić information content (AvgIpc) is 2.63. The molecule has 2 aromatic rings. The normalized spacial score (nSPS) is 12.2. The third kappa shape index (κ3) is 4.88. The summed E-state index contributed by atoms with van der Waals surface area (Å²) in [5.74, 6) is 0.452. The van der Waals surface area contributed by atoms with E-state index in [2.05, 4.69) is 5.32 Å². The van der Waals surface area contributed by atoms with Crippen LogP contribution >= 0.6 is 11.6 Å². The first kappa shape index (κ1) is 21.8. The number of amides is 1. The zero-order valence-corrected chi connectivity index (χ0v) is 17.9. The molecule has 0 aliphatic rings. The van der Waals surface area contributed by atoms with Gasteiger partial charge in [0, 0.05) is 16.8 Å². The Morgan fingerprint density at radius 2 is 1.75 bits per heavy atom. The van der Waals surface area contributed by atoms with Gasteiger partial charge in [0.2, 0.25) is 15.9 Å². The van der Waals surface area contributed by atoms with E-state index in [0.717, 1.165) is 16.1 Å². The Hall–Kier alpha value is -2.45. The molecule has 0 saturated carbocycles. The summed E-state index contributed by atoms with van der Waals surface area (Å²) in [7, 11) is -0.745. The molecule has 0 unspecified atom stereocenters. The number of hydrogen-bond acceptors (Lipinski definition) is 5. The Balaban J connectivity index is 2.33. The molecule has 1 N–H and O–H groups in total. The van der Waals surface area contributed by atoms with Gasteiger partial charge in [-0.15, -0.1) is 0 Å². The molecule has 0 aliphatic heterocycles. The van der Waals surface area contributed by atoms with Gasteiger partial charge >= 0.3 is 0 Å². The molecule has 1 amide bonds. The molecule has 28 heavy (non-hydrogen) atoms. The van der Waals surface area contributed by atoms with Crippen LogP contribution in [0.3, 0.4) is 0 Å². The Kier molecular flexibility index (Phi) is 6.79. The molecule has 0 aliphatic carbocycles. The predicted octanol–water partition coefficient (Wildman–Crippen LogP) is 3.46. The van der Waals surface area contributed by atoms with Crippen LogP contribution in [-0.4, -0.2) is 40.8 Å². The van der Waals surface area contributed by atoms with Crippen LogP contribution in [0.15, 0.2) is 36.4 Å². The molecule has 2 rings (SSSR count). The SMILES string of the molecule is COc1ccc(NC(=O)[C@H](C)N(c2ccc(C)c(Cl)c2)S(C)(=O)=O)cc1OC. The lowest BCUT2D eigenvalue weighted by Crippen LogP contribution is -2.45. The van der Waals surface area contributed by atoms with Crippen molar-refractivity contribution < 1.29 is 22.7 Å². The third-order valence-electron chi connectivity index (χ3n) is 4.15. The summed E-state index contributed by atoms with van der Waals surface area (Å²) >= 11 is 6.14. The lowest BCUT2D eigenvalue weighted by Gasteiger charge is -2.28. The molecule has 9 heteroatoms. The molecule has 2 aromatic carbocycles. The Bertz CT molecular complexity index is 978. The van der Waals surface area contributed by atoms with Gasteiger partial charge in [0.25, 0.3) is 0 Å². The van der Waals surface area contributed by atoms with Crippen LogP contribution in [0.25, 0.3) is 0 Å². The summed E-state index contributed by atoms with van der Waals surface area (Å²) in [6, 6.07) is 8.71. The van der Waals surface area contributed by atoms with Crippen molar-refractivity contribution in [2.24, 2.45) is 0 Å². The van der Waals surface area contributed by atoms with Crippen LogP contribution in [0.5, 0.6) is 11.5 Å². The second kappa shape index (κ2) is 8.70. The largest absolute Gasteiger partial charge is 0.493 e. The maximum absolute atomic E-state index is 12.8. The van der Waals surface area contributed by atoms with Gasteiger partial charge in [-0.3, -0.25) is 9.10 Å². The molecule has 0 heterocycles. The van der Waals surface area contributed by atoms with Crippen LogP contribution in [0.1, 0.15) is 12.5 Å². The second-order valence-corrected chi connectivity index (χ2v) is 8.49. The lowest BCUT2D eigenvalue weighted by molar-refractivity contribution is -0.116.